The number of halogens is 5. The van der Waals surface area contributed by atoms with Gasteiger partial charge in [0.2, 0.25) is 0 Å². The number of hydrogen-bond donors (Lipinski definition) is 0. The van der Waals surface area contributed by atoms with E-state index in [0.29, 0.717) is 5.56 Å². The van der Waals surface area contributed by atoms with Gasteiger partial charge >= 0.3 is 6.18 Å². The summed E-state index contributed by atoms with van der Waals surface area (Å²) in [6.45, 7) is 0. The summed E-state index contributed by atoms with van der Waals surface area (Å²) in [6.07, 6.45) is 0.876. The molecule has 1 unspecified atom stereocenters. The Balaban J connectivity index is 1.89. The fourth-order valence-corrected chi connectivity index (χ4v) is 3.31. The SMILES string of the molecule is COc1c(Cl)cc(C(C=Cc2ccc(-n3cncn3)cc2)C(F)(F)F)cc1Cl. The standard InChI is InChI=1S/C19H14Cl2F3N3O/c1-28-18-16(20)8-13(9-17(18)21)15(19(22,23)24)7-4-12-2-5-14(6-3-12)27-11-25-10-26-27/h2-11,15H,1H3. The van der Waals surface area contributed by atoms with Crippen molar-refractivity contribution in [2.45, 2.75) is 12.1 Å². The van der Waals surface area contributed by atoms with Gasteiger partial charge in [0.1, 0.15) is 12.7 Å². The number of methoxy groups -OCH3 is 1. The molecule has 3 rings (SSSR count). The maximum absolute atomic E-state index is 13.6. The van der Waals surface area contributed by atoms with Crippen LogP contribution in [0.3, 0.4) is 0 Å². The maximum atomic E-state index is 13.6. The van der Waals surface area contributed by atoms with Crippen molar-refractivity contribution in [1.82, 2.24) is 14.8 Å². The van der Waals surface area contributed by atoms with Crippen molar-refractivity contribution < 1.29 is 17.9 Å². The molecule has 0 aliphatic carbocycles. The lowest BCUT2D eigenvalue weighted by molar-refractivity contribution is -0.139. The molecule has 0 aliphatic heterocycles. The summed E-state index contributed by atoms with van der Waals surface area (Å²) >= 11 is 12.0. The molecule has 0 fully saturated rings. The second-order valence-corrected chi connectivity index (χ2v) is 6.64. The highest BCUT2D eigenvalue weighted by Crippen LogP contribution is 2.42. The average molecular weight is 428 g/mol. The van der Waals surface area contributed by atoms with E-state index >= 15 is 0 Å². The Labute approximate surface area is 169 Å². The molecule has 0 saturated carbocycles. The molecule has 0 amide bonds. The van der Waals surface area contributed by atoms with Gasteiger partial charge in [-0.3, -0.25) is 0 Å². The van der Waals surface area contributed by atoms with Gasteiger partial charge in [0.25, 0.3) is 0 Å². The second kappa shape index (κ2) is 8.24. The van der Waals surface area contributed by atoms with Crippen molar-refractivity contribution in [3.8, 4) is 11.4 Å². The van der Waals surface area contributed by atoms with E-state index < -0.39 is 12.1 Å². The Kier molecular flexibility index (Phi) is 5.96. The lowest BCUT2D eigenvalue weighted by Gasteiger charge is -2.19. The summed E-state index contributed by atoms with van der Waals surface area (Å²) in [5, 5.41) is 4.03. The Morgan fingerprint density at radius 2 is 1.75 bits per heavy atom. The second-order valence-electron chi connectivity index (χ2n) is 5.83. The van der Waals surface area contributed by atoms with E-state index in [1.54, 1.807) is 28.9 Å². The topological polar surface area (TPSA) is 39.9 Å². The highest BCUT2D eigenvalue weighted by atomic mass is 35.5. The third-order valence-electron chi connectivity index (χ3n) is 3.99. The van der Waals surface area contributed by atoms with Gasteiger partial charge in [0, 0.05) is 0 Å². The fraction of sp³-hybridized carbons (Fsp3) is 0.158. The molecule has 4 nitrogen and oxygen atoms in total. The lowest BCUT2D eigenvalue weighted by Crippen LogP contribution is -2.19. The predicted octanol–water partition coefficient (Wildman–Crippen LogP) is 5.94. The van der Waals surface area contributed by atoms with Crippen LogP contribution in [0.25, 0.3) is 11.8 Å². The maximum Gasteiger partial charge on any atom is 0.399 e. The molecule has 146 valence electrons. The van der Waals surface area contributed by atoms with Gasteiger partial charge in [-0.15, -0.1) is 0 Å². The first kappa shape index (κ1) is 20.2. The number of rotatable bonds is 5. The molecule has 0 N–H and O–H groups in total. The molecule has 1 atom stereocenters. The van der Waals surface area contributed by atoms with Gasteiger partial charge in [-0.2, -0.15) is 18.3 Å². The number of ether oxygens (including phenoxy) is 1. The minimum Gasteiger partial charge on any atom is -0.494 e. The third kappa shape index (κ3) is 4.48. The van der Waals surface area contributed by atoms with Gasteiger partial charge in [-0.05, 0) is 35.4 Å². The molecule has 0 aliphatic rings. The number of aromatic nitrogens is 3. The van der Waals surface area contributed by atoms with Crippen LogP contribution in [0.2, 0.25) is 10.0 Å². The average Bonchev–Trinajstić information content (AvgIpc) is 3.16. The highest BCUT2D eigenvalue weighted by Gasteiger charge is 2.39. The third-order valence-corrected chi connectivity index (χ3v) is 4.56. The molecule has 0 spiro atoms. The van der Waals surface area contributed by atoms with Crippen LogP contribution in [0.15, 0.2) is 55.1 Å². The monoisotopic (exact) mass is 427 g/mol. The Hall–Kier alpha value is -2.51. The largest absolute Gasteiger partial charge is 0.494 e. The van der Waals surface area contributed by atoms with Gasteiger partial charge in [-0.25, -0.2) is 9.67 Å². The van der Waals surface area contributed by atoms with Crippen LogP contribution in [0.4, 0.5) is 13.2 Å². The van der Waals surface area contributed by atoms with Crippen molar-refractivity contribution in [2.24, 2.45) is 0 Å². The molecule has 3 aromatic rings. The first-order valence-corrected chi connectivity index (χ1v) is 8.78. The number of nitrogens with zero attached hydrogens (tertiary/aromatic N) is 3. The van der Waals surface area contributed by atoms with E-state index in [2.05, 4.69) is 10.1 Å². The van der Waals surface area contributed by atoms with Crippen molar-refractivity contribution in [3.63, 3.8) is 0 Å². The normalized spacial score (nSPS) is 13.1. The molecule has 2 aromatic carbocycles. The van der Waals surface area contributed by atoms with Crippen LogP contribution in [-0.4, -0.2) is 28.1 Å². The summed E-state index contributed by atoms with van der Waals surface area (Å²) in [6, 6.07) is 9.27. The molecule has 9 heteroatoms. The highest BCUT2D eigenvalue weighted by molar-refractivity contribution is 6.37. The summed E-state index contributed by atoms with van der Waals surface area (Å²) < 4.78 is 47.4. The fourth-order valence-electron chi connectivity index (χ4n) is 2.65. The zero-order valence-electron chi connectivity index (χ0n) is 14.5. The molecule has 1 aromatic heterocycles. The number of allylic oxidation sites excluding steroid dienone is 1. The lowest BCUT2D eigenvalue weighted by atomic mass is 9.97. The molecule has 0 saturated heterocycles. The molecular formula is C19H14Cl2F3N3O. The van der Waals surface area contributed by atoms with E-state index in [0.717, 1.165) is 11.8 Å². The van der Waals surface area contributed by atoms with Crippen LogP contribution in [0, 0.1) is 0 Å². The predicted molar refractivity (Wildman–Crippen MR) is 102 cm³/mol. The Morgan fingerprint density at radius 1 is 1.11 bits per heavy atom. The first-order chi connectivity index (χ1) is 13.3. The summed E-state index contributed by atoms with van der Waals surface area (Å²) in [4.78, 5) is 3.85. The molecule has 1 heterocycles. The zero-order valence-corrected chi connectivity index (χ0v) is 16.0. The van der Waals surface area contributed by atoms with Gasteiger partial charge < -0.3 is 4.74 Å². The summed E-state index contributed by atoms with van der Waals surface area (Å²) in [5.74, 6) is -1.73. The van der Waals surface area contributed by atoms with Gasteiger partial charge in [-0.1, -0.05) is 47.5 Å². The molecular weight excluding hydrogens is 414 g/mol. The van der Waals surface area contributed by atoms with Crippen molar-refractivity contribution >= 4 is 29.3 Å². The van der Waals surface area contributed by atoms with Crippen molar-refractivity contribution in [3.05, 3.63) is 76.3 Å². The van der Waals surface area contributed by atoms with Crippen LogP contribution >= 0.6 is 23.2 Å². The summed E-state index contributed by atoms with van der Waals surface area (Å²) in [7, 11) is 1.34. The Morgan fingerprint density at radius 3 is 2.25 bits per heavy atom. The molecule has 0 radical (unpaired) electrons. The minimum absolute atomic E-state index is 0.0184. The van der Waals surface area contributed by atoms with Gasteiger partial charge in [0.15, 0.2) is 5.75 Å². The van der Waals surface area contributed by atoms with Crippen LogP contribution < -0.4 is 4.74 Å². The first-order valence-electron chi connectivity index (χ1n) is 8.02. The quantitative estimate of drug-likeness (QED) is 0.505. The van der Waals surface area contributed by atoms with E-state index in [4.69, 9.17) is 27.9 Å². The van der Waals surface area contributed by atoms with E-state index in [-0.39, 0.29) is 21.4 Å². The number of hydrogen-bond acceptors (Lipinski definition) is 3. The summed E-state index contributed by atoms with van der Waals surface area (Å²) in [5.41, 5.74) is 1.28. The van der Waals surface area contributed by atoms with Crippen molar-refractivity contribution in [2.75, 3.05) is 7.11 Å². The number of benzene rings is 2. The Bertz CT molecular complexity index is 948. The number of alkyl halides is 3. The van der Waals surface area contributed by atoms with Crippen molar-refractivity contribution in [1.29, 1.82) is 0 Å². The van der Waals surface area contributed by atoms with Crippen LogP contribution in [-0.2, 0) is 0 Å². The smallest absolute Gasteiger partial charge is 0.399 e. The molecule has 0 bridgehead atoms. The van der Waals surface area contributed by atoms with Gasteiger partial charge in [0.05, 0.1) is 28.8 Å². The van der Waals surface area contributed by atoms with E-state index in [1.807, 2.05) is 0 Å². The van der Waals surface area contributed by atoms with Crippen LogP contribution in [0.1, 0.15) is 17.0 Å². The van der Waals surface area contributed by atoms with Crippen LogP contribution in [0.5, 0.6) is 5.75 Å². The minimum atomic E-state index is -4.52. The van der Waals surface area contributed by atoms with E-state index in [1.165, 1.54) is 38.0 Å². The van der Waals surface area contributed by atoms with E-state index in [9.17, 15) is 13.2 Å². The zero-order chi connectivity index (χ0) is 20.3. The molecule has 28 heavy (non-hydrogen) atoms.